The Bertz CT molecular complexity index is 323. The Morgan fingerprint density at radius 2 is 2.07 bits per heavy atom. The van der Waals surface area contributed by atoms with Gasteiger partial charge in [-0.2, -0.15) is 0 Å². The molecule has 0 aliphatic carbocycles. The molecule has 0 aliphatic rings. The summed E-state index contributed by atoms with van der Waals surface area (Å²) in [6, 6.07) is 10.6. The molecule has 1 aromatic carbocycles. The molecule has 0 saturated heterocycles. The predicted octanol–water partition coefficient (Wildman–Crippen LogP) is 2.91. The highest BCUT2D eigenvalue weighted by Crippen LogP contribution is 2.18. The lowest BCUT2D eigenvalue weighted by atomic mass is 10.2. The lowest BCUT2D eigenvalue weighted by Gasteiger charge is -2.08. The first-order valence-electron chi connectivity index (χ1n) is 5.16. The molecule has 80 valence electrons. The molecule has 0 radical (unpaired) electrons. The molecule has 1 aromatic rings. The van der Waals surface area contributed by atoms with Crippen molar-refractivity contribution in [3.63, 3.8) is 0 Å². The second kappa shape index (κ2) is 7.39. The van der Waals surface area contributed by atoms with Crippen LogP contribution in [0.5, 0.6) is 0 Å². The zero-order valence-corrected chi connectivity index (χ0v) is 9.89. The number of hydrogen-bond acceptors (Lipinski definition) is 2. The minimum Gasteiger partial charge on any atom is -0.327 e. The Labute approximate surface area is 96.4 Å². The number of thioether (sulfide) groups is 1. The SMILES string of the molecule is CC#CCCC(N)CSc1ccccc1. The quantitative estimate of drug-likeness (QED) is 0.608. The molecule has 0 heterocycles. The highest BCUT2D eigenvalue weighted by molar-refractivity contribution is 7.99. The van der Waals surface area contributed by atoms with Crippen molar-refractivity contribution in [2.75, 3.05) is 5.75 Å². The lowest BCUT2D eigenvalue weighted by molar-refractivity contribution is 0.692. The van der Waals surface area contributed by atoms with Gasteiger partial charge >= 0.3 is 0 Å². The predicted molar refractivity (Wildman–Crippen MR) is 67.8 cm³/mol. The molecular formula is C13H17NS. The average molecular weight is 219 g/mol. The standard InChI is InChI=1S/C13H17NS/c1-2-3-5-8-12(14)11-15-13-9-6-4-7-10-13/h4,6-7,9-10,12H,5,8,11,14H2,1H3. The van der Waals surface area contributed by atoms with E-state index in [1.54, 1.807) is 0 Å². The first kappa shape index (κ1) is 12.2. The van der Waals surface area contributed by atoms with Crippen LogP contribution in [0.1, 0.15) is 19.8 Å². The van der Waals surface area contributed by atoms with Gasteiger partial charge in [-0.25, -0.2) is 0 Å². The fourth-order valence-corrected chi connectivity index (χ4v) is 2.11. The highest BCUT2D eigenvalue weighted by atomic mass is 32.2. The molecule has 0 aromatic heterocycles. The van der Waals surface area contributed by atoms with E-state index in [4.69, 9.17) is 5.73 Å². The zero-order chi connectivity index (χ0) is 10.9. The van der Waals surface area contributed by atoms with Gasteiger partial charge in [-0.05, 0) is 25.5 Å². The Balaban J connectivity index is 2.21. The summed E-state index contributed by atoms with van der Waals surface area (Å²) in [5, 5.41) is 0. The number of benzene rings is 1. The second-order valence-corrected chi connectivity index (χ2v) is 4.44. The van der Waals surface area contributed by atoms with Crippen molar-refractivity contribution in [1.82, 2.24) is 0 Å². The van der Waals surface area contributed by atoms with E-state index in [0.29, 0.717) is 0 Å². The molecule has 2 heteroatoms. The number of nitrogens with two attached hydrogens (primary N) is 1. The zero-order valence-electron chi connectivity index (χ0n) is 9.07. The highest BCUT2D eigenvalue weighted by Gasteiger charge is 2.02. The Morgan fingerprint density at radius 1 is 1.33 bits per heavy atom. The second-order valence-electron chi connectivity index (χ2n) is 3.35. The van der Waals surface area contributed by atoms with Crippen molar-refractivity contribution in [3.8, 4) is 11.8 Å². The van der Waals surface area contributed by atoms with Gasteiger partial charge in [0.1, 0.15) is 0 Å². The van der Waals surface area contributed by atoms with Crippen molar-refractivity contribution in [2.24, 2.45) is 5.73 Å². The van der Waals surface area contributed by atoms with Crippen molar-refractivity contribution < 1.29 is 0 Å². The van der Waals surface area contributed by atoms with Crippen LogP contribution in [0.25, 0.3) is 0 Å². The van der Waals surface area contributed by atoms with Crippen LogP contribution in [0.15, 0.2) is 35.2 Å². The van der Waals surface area contributed by atoms with E-state index in [1.807, 2.05) is 24.8 Å². The number of hydrogen-bond donors (Lipinski definition) is 1. The molecule has 0 bridgehead atoms. The Hall–Kier alpha value is -0.910. The first-order chi connectivity index (χ1) is 7.33. The van der Waals surface area contributed by atoms with Crippen LogP contribution in [0, 0.1) is 11.8 Å². The van der Waals surface area contributed by atoms with Gasteiger partial charge in [-0.15, -0.1) is 23.6 Å². The Morgan fingerprint density at radius 3 is 2.73 bits per heavy atom. The van der Waals surface area contributed by atoms with Gasteiger partial charge in [0, 0.05) is 23.1 Å². The van der Waals surface area contributed by atoms with Crippen molar-refractivity contribution in [3.05, 3.63) is 30.3 Å². The van der Waals surface area contributed by atoms with Gasteiger partial charge in [0.2, 0.25) is 0 Å². The molecule has 1 rings (SSSR count). The van der Waals surface area contributed by atoms with E-state index >= 15 is 0 Å². The number of rotatable bonds is 5. The third kappa shape index (κ3) is 5.51. The summed E-state index contributed by atoms with van der Waals surface area (Å²) < 4.78 is 0. The minimum absolute atomic E-state index is 0.246. The van der Waals surface area contributed by atoms with Crippen molar-refractivity contribution in [1.29, 1.82) is 0 Å². The van der Waals surface area contributed by atoms with E-state index in [1.165, 1.54) is 4.90 Å². The van der Waals surface area contributed by atoms with E-state index < -0.39 is 0 Å². The molecule has 1 nitrogen and oxygen atoms in total. The molecule has 2 N–H and O–H groups in total. The summed E-state index contributed by atoms with van der Waals surface area (Å²) >= 11 is 1.81. The van der Waals surface area contributed by atoms with E-state index in [9.17, 15) is 0 Å². The third-order valence-corrected chi connectivity index (χ3v) is 3.22. The van der Waals surface area contributed by atoms with Crippen LogP contribution in [-0.2, 0) is 0 Å². The molecule has 1 atom stereocenters. The van der Waals surface area contributed by atoms with Crippen LogP contribution in [0.3, 0.4) is 0 Å². The Kier molecular flexibility index (Phi) is 5.99. The molecule has 0 amide bonds. The smallest absolute Gasteiger partial charge is 0.0143 e. The maximum Gasteiger partial charge on any atom is 0.0143 e. The van der Waals surface area contributed by atoms with Crippen molar-refractivity contribution in [2.45, 2.75) is 30.7 Å². The summed E-state index contributed by atoms with van der Waals surface area (Å²) in [6.45, 7) is 1.87. The van der Waals surface area contributed by atoms with Gasteiger partial charge in [0.15, 0.2) is 0 Å². The van der Waals surface area contributed by atoms with E-state index in [-0.39, 0.29) is 6.04 Å². The summed E-state index contributed by atoms with van der Waals surface area (Å²) in [6.07, 6.45) is 1.90. The van der Waals surface area contributed by atoms with Gasteiger partial charge in [0.05, 0.1) is 0 Å². The maximum atomic E-state index is 5.97. The molecule has 0 fully saturated rings. The van der Waals surface area contributed by atoms with Crippen LogP contribution < -0.4 is 5.73 Å². The minimum atomic E-state index is 0.246. The summed E-state index contributed by atoms with van der Waals surface area (Å²) in [7, 11) is 0. The van der Waals surface area contributed by atoms with Gasteiger partial charge < -0.3 is 5.73 Å². The van der Waals surface area contributed by atoms with E-state index in [2.05, 4.69) is 36.1 Å². The molecular weight excluding hydrogens is 202 g/mol. The molecule has 0 aliphatic heterocycles. The monoisotopic (exact) mass is 219 g/mol. The molecule has 1 unspecified atom stereocenters. The third-order valence-electron chi connectivity index (χ3n) is 2.02. The molecule has 15 heavy (non-hydrogen) atoms. The summed E-state index contributed by atoms with van der Waals surface area (Å²) in [4.78, 5) is 1.29. The van der Waals surface area contributed by atoms with Gasteiger partial charge in [-0.1, -0.05) is 18.2 Å². The van der Waals surface area contributed by atoms with Crippen LogP contribution in [0.2, 0.25) is 0 Å². The largest absolute Gasteiger partial charge is 0.327 e. The summed E-state index contributed by atoms with van der Waals surface area (Å²) in [5.74, 6) is 6.89. The fraction of sp³-hybridized carbons (Fsp3) is 0.385. The fourth-order valence-electron chi connectivity index (χ4n) is 1.19. The van der Waals surface area contributed by atoms with Crippen molar-refractivity contribution >= 4 is 11.8 Å². The topological polar surface area (TPSA) is 26.0 Å². The van der Waals surface area contributed by atoms with Gasteiger partial charge in [-0.3, -0.25) is 0 Å². The van der Waals surface area contributed by atoms with E-state index in [0.717, 1.165) is 18.6 Å². The normalized spacial score (nSPS) is 11.6. The first-order valence-corrected chi connectivity index (χ1v) is 6.14. The van der Waals surface area contributed by atoms with Crippen LogP contribution in [0.4, 0.5) is 0 Å². The maximum absolute atomic E-state index is 5.97. The molecule has 0 saturated carbocycles. The molecule has 0 spiro atoms. The average Bonchev–Trinajstić information content (AvgIpc) is 2.28. The van der Waals surface area contributed by atoms with Gasteiger partial charge in [0.25, 0.3) is 0 Å². The lowest BCUT2D eigenvalue weighted by Crippen LogP contribution is -2.22. The van der Waals surface area contributed by atoms with Crippen LogP contribution in [-0.4, -0.2) is 11.8 Å². The van der Waals surface area contributed by atoms with Crippen LogP contribution >= 0.6 is 11.8 Å². The summed E-state index contributed by atoms with van der Waals surface area (Å²) in [5.41, 5.74) is 5.97.